The van der Waals surface area contributed by atoms with Gasteiger partial charge in [-0.05, 0) is 44.9 Å². The maximum atomic E-state index is 9.28. The summed E-state index contributed by atoms with van der Waals surface area (Å²) in [5.74, 6) is 0.655. The van der Waals surface area contributed by atoms with Crippen LogP contribution in [0.15, 0.2) is 18.2 Å². The third kappa shape index (κ3) is 5.14. The van der Waals surface area contributed by atoms with Gasteiger partial charge in [-0.2, -0.15) is 0 Å². The lowest BCUT2D eigenvalue weighted by atomic mass is 10.1. The van der Waals surface area contributed by atoms with E-state index in [2.05, 4.69) is 63.0 Å². The lowest BCUT2D eigenvalue weighted by Gasteiger charge is -2.30. The van der Waals surface area contributed by atoms with Gasteiger partial charge in [0.2, 0.25) is 0 Å². The van der Waals surface area contributed by atoms with Crippen molar-refractivity contribution in [3.8, 4) is 0 Å². The normalized spacial score (nSPS) is 11.4. The number of nitrogens with one attached hydrogen (secondary N) is 1. The highest BCUT2D eigenvalue weighted by Gasteiger charge is 2.14. The Morgan fingerprint density at radius 1 is 1.20 bits per heavy atom. The van der Waals surface area contributed by atoms with Crippen LogP contribution in [0.25, 0.3) is 0 Å². The number of hydrogen-bond donors (Lipinski definition) is 2. The van der Waals surface area contributed by atoms with E-state index in [0.29, 0.717) is 18.5 Å². The topological polar surface area (TPSA) is 35.5 Å². The van der Waals surface area contributed by atoms with Gasteiger partial charge >= 0.3 is 0 Å². The molecule has 3 nitrogen and oxygen atoms in total. The van der Waals surface area contributed by atoms with Crippen molar-refractivity contribution in [3.05, 3.63) is 29.3 Å². The Balaban J connectivity index is 2.92. The van der Waals surface area contributed by atoms with Crippen LogP contribution in [0.1, 0.15) is 38.8 Å². The minimum Gasteiger partial charge on any atom is -0.395 e. The van der Waals surface area contributed by atoms with Crippen LogP contribution in [-0.2, 0) is 6.54 Å². The first kappa shape index (κ1) is 17.0. The fourth-order valence-electron chi connectivity index (χ4n) is 2.40. The molecule has 0 heterocycles. The number of aliphatic hydroxyl groups excluding tert-OH is 1. The number of hydrogen-bond acceptors (Lipinski definition) is 3. The maximum absolute atomic E-state index is 9.28. The van der Waals surface area contributed by atoms with Gasteiger partial charge in [-0.15, -0.1) is 0 Å². The highest BCUT2D eigenvalue weighted by Crippen LogP contribution is 2.24. The molecule has 0 amide bonds. The molecule has 0 saturated heterocycles. The smallest absolute Gasteiger partial charge is 0.0606 e. The van der Waals surface area contributed by atoms with Gasteiger partial charge in [0.1, 0.15) is 0 Å². The van der Waals surface area contributed by atoms with E-state index < -0.39 is 0 Å². The van der Waals surface area contributed by atoms with Crippen LogP contribution < -0.4 is 10.2 Å². The van der Waals surface area contributed by atoms with Crippen LogP contribution in [0.4, 0.5) is 5.69 Å². The van der Waals surface area contributed by atoms with Crippen molar-refractivity contribution in [1.82, 2.24) is 5.32 Å². The van der Waals surface area contributed by atoms with Crippen LogP contribution in [0.3, 0.4) is 0 Å². The van der Waals surface area contributed by atoms with Crippen molar-refractivity contribution < 1.29 is 5.11 Å². The largest absolute Gasteiger partial charge is 0.395 e. The Hall–Kier alpha value is -1.06. The molecule has 0 spiro atoms. The second-order valence-corrected chi connectivity index (χ2v) is 6.17. The van der Waals surface area contributed by atoms with Crippen LogP contribution >= 0.6 is 0 Å². The summed E-state index contributed by atoms with van der Waals surface area (Å²) in [6, 6.07) is 6.95. The Bertz CT molecular complexity index is 402. The minimum absolute atomic E-state index is 0.185. The van der Waals surface area contributed by atoms with E-state index in [-0.39, 0.29) is 6.61 Å². The summed E-state index contributed by atoms with van der Waals surface area (Å²) in [4.78, 5) is 2.27. The molecular formula is C17H30N2O. The number of rotatable bonds is 8. The molecule has 1 rings (SSSR count). The van der Waals surface area contributed by atoms with Crippen LogP contribution in [0.5, 0.6) is 0 Å². The maximum Gasteiger partial charge on any atom is 0.0606 e. The Labute approximate surface area is 124 Å². The molecule has 20 heavy (non-hydrogen) atoms. The van der Waals surface area contributed by atoms with Crippen molar-refractivity contribution >= 4 is 5.69 Å². The molecule has 3 heteroatoms. The number of anilines is 1. The second kappa shape index (κ2) is 8.28. The Morgan fingerprint density at radius 3 is 2.45 bits per heavy atom. The molecule has 0 bridgehead atoms. The van der Waals surface area contributed by atoms with Crippen molar-refractivity contribution in [2.75, 3.05) is 24.6 Å². The molecule has 0 aromatic heterocycles. The number of benzene rings is 1. The summed E-state index contributed by atoms with van der Waals surface area (Å²) in [6.45, 7) is 13.7. The van der Waals surface area contributed by atoms with Gasteiger partial charge in [0.25, 0.3) is 0 Å². The first-order valence-corrected chi connectivity index (χ1v) is 7.63. The van der Waals surface area contributed by atoms with Crippen LogP contribution in [-0.4, -0.2) is 30.8 Å². The standard InChI is InChI=1S/C17H30N2O/c1-13(2)11-18-12-16-10-15(5)6-7-17(16)19(8-9-20)14(3)4/h6-7,10,13-14,18,20H,8-9,11-12H2,1-5H3. The lowest BCUT2D eigenvalue weighted by Crippen LogP contribution is -2.34. The molecule has 0 radical (unpaired) electrons. The average Bonchev–Trinajstić information content (AvgIpc) is 2.36. The van der Waals surface area contributed by atoms with Crippen molar-refractivity contribution in [1.29, 1.82) is 0 Å². The molecule has 0 atom stereocenters. The number of nitrogens with zero attached hydrogens (tertiary/aromatic N) is 1. The van der Waals surface area contributed by atoms with Gasteiger partial charge in [-0.25, -0.2) is 0 Å². The van der Waals surface area contributed by atoms with E-state index in [0.717, 1.165) is 13.1 Å². The molecule has 0 unspecified atom stereocenters. The van der Waals surface area contributed by atoms with Crippen LogP contribution in [0.2, 0.25) is 0 Å². The highest BCUT2D eigenvalue weighted by molar-refractivity contribution is 5.55. The van der Waals surface area contributed by atoms with Crippen molar-refractivity contribution in [2.45, 2.75) is 47.2 Å². The van der Waals surface area contributed by atoms with E-state index in [4.69, 9.17) is 0 Å². The predicted molar refractivity (Wildman–Crippen MR) is 87.3 cm³/mol. The number of aliphatic hydroxyl groups is 1. The predicted octanol–water partition coefficient (Wildman–Crippen LogP) is 2.95. The molecule has 1 aromatic carbocycles. The summed E-state index contributed by atoms with van der Waals surface area (Å²) in [7, 11) is 0. The molecule has 0 fully saturated rings. The zero-order chi connectivity index (χ0) is 15.1. The van der Waals surface area contributed by atoms with Gasteiger partial charge < -0.3 is 15.3 Å². The molecule has 0 aliphatic heterocycles. The second-order valence-electron chi connectivity index (χ2n) is 6.17. The average molecular weight is 278 g/mol. The zero-order valence-corrected chi connectivity index (χ0v) is 13.6. The molecular weight excluding hydrogens is 248 g/mol. The van der Waals surface area contributed by atoms with Crippen molar-refractivity contribution in [2.24, 2.45) is 5.92 Å². The molecule has 0 saturated carbocycles. The third-order valence-corrected chi connectivity index (χ3v) is 3.38. The third-order valence-electron chi connectivity index (χ3n) is 3.38. The van der Waals surface area contributed by atoms with E-state index in [1.54, 1.807) is 0 Å². The summed E-state index contributed by atoms with van der Waals surface area (Å²) in [6.07, 6.45) is 0. The molecule has 0 aliphatic rings. The van der Waals surface area contributed by atoms with E-state index in [1.165, 1.54) is 16.8 Å². The van der Waals surface area contributed by atoms with E-state index >= 15 is 0 Å². The summed E-state index contributed by atoms with van der Waals surface area (Å²) in [5, 5.41) is 12.8. The first-order chi connectivity index (χ1) is 9.45. The lowest BCUT2D eigenvalue weighted by molar-refractivity contribution is 0.299. The fourth-order valence-corrected chi connectivity index (χ4v) is 2.40. The highest BCUT2D eigenvalue weighted by atomic mass is 16.3. The van der Waals surface area contributed by atoms with E-state index in [1.807, 2.05) is 0 Å². The number of aryl methyl sites for hydroxylation is 1. The van der Waals surface area contributed by atoms with Gasteiger partial charge in [0, 0.05) is 24.8 Å². The monoisotopic (exact) mass is 278 g/mol. The molecule has 1 aromatic rings. The molecule has 114 valence electrons. The summed E-state index contributed by atoms with van der Waals surface area (Å²) in [5.41, 5.74) is 3.83. The van der Waals surface area contributed by atoms with Gasteiger partial charge in [0.15, 0.2) is 0 Å². The summed E-state index contributed by atoms with van der Waals surface area (Å²) < 4.78 is 0. The Morgan fingerprint density at radius 2 is 1.90 bits per heavy atom. The fraction of sp³-hybridized carbons (Fsp3) is 0.647. The van der Waals surface area contributed by atoms with Crippen LogP contribution in [0, 0.1) is 12.8 Å². The molecule has 0 aliphatic carbocycles. The molecule has 2 N–H and O–H groups in total. The minimum atomic E-state index is 0.185. The summed E-state index contributed by atoms with van der Waals surface area (Å²) >= 11 is 0. The first-order valence-electron chi connectivity index (χ1n) is 7.63. The van der Waals surface area contributed by atoms with Gasteiger partial charge in [-0.1, -0.05) is 31.5 Å². The zero-order valence-electron chi connectivity index (χ0n) is 13.6. The van der Waals surface area contributed by atoms with Gasteiger partial charge in [0.05, 0.1) is 6.61 Å². The quantitative estimate of drug-likeness (QED) is 0.767. The van der Waals surface area contributed by atoms with Gasteiger partial charge in [-0.3, -0.25) is 0 Å². The van der Waals surface area contributed by atoms with Crippen molar-refractivity contribution in [3.63, 3.8) is 0 Å². The Kier molecular flexibility index (Phi) is 7.03. The van der Waals surface area contributed by atoms with E-state index in [9.17, 15) is 5.11 Å². The SMILES string of the molecule is Cc1ccc(N(CCO)C(C)C)c(CNCC(C)C)c1.